The molecule has 31 heavy (non-hydrogen) atoms. The summed E-state index contributed by atoms with van der Waals surface area (Å²) in [4.78, 5) is 18.2. The van der Waals surface area contributed by atoms with Gasteiger partial charge < -0.3 is 25.3 Å². The van der Waals surface area contributed by atoms with Gasteiger partial charge in [-0.15, -0.1) is 0 Å². The van der Waals surface area contributed by atoms with Gasteiger partial charge in [0.05, 0.1) is 11.9 Å². The highest BCUT2D eigenvalue weighted by molar-refractivity contribution is 5.82. The third-order valence-corrected chi connectivity index (χ3v) is 5.18. The highest BCUT2D eigenvalue weighted by Gasteiger charge is 2.13. The van der Waals surface area contributed by atoms with Gasteiger partial charge in [0.1, 0.15) is 18.0 Å². The monoisotopic (exact) mass is 419 g/mol. The second kappa shape index (κ2) is 8.19. The number of aromatic nitrogens is 4. The number of hydrogen-bond donors (Lipinski definition) is 3. The number of anilines is 3. The van der Waals surface area contributed by atoms with E-state index in [1.54, 1.807) is 24.3 Å². The summed E-state index contributed by atoms with van der Waals surface area (Å²) >= 11 is 0. The minimum Gasteiger partial charge on any atom is -0.436 e. The number of aromatic amines is 1. The summed E-state index contributed by atoms with van der Waals surface area (Å²) in [6.07, 6.45) is 3.21. The predicted octanol–water partition coefficient (Wildman–Crippen LogP) is 3.75. The van der Waals surface area contributed by atoms with E-state index in [1.165, 1.54) is 6.33 Å². The second-order valence-electron chi connectivity index (χ2n) is 7.40. The van der Waals surface area contributed by atoms with Crippen molar-refractivity contribution in [1.82, 2.24) is 25.3 Å². The maximum absolute atomic E-state index is 14.8. The SMILES string of the molecule is Cc1cc2c(F)c(Oc3cc(Nc4ccc(N5CCNCC5)cn4)ncn3)ccc2[nH]1. The van der Waals surface area contributed by atoms with E-state index in [-0.39, 0.29) is 11.6 Å². The summed E-state index contributed by atoms with van der Waals surface area (Å²) in [5.41, 5.74) is 2.70. The lowest BCUT2D eigenvalue weighted by Gasteiger charge is -2.29. The zero-order valence-corrected chi connectivity index (χ0v) is 17.0. The van der Waals surface area contributed by atoms with Crippen LogP contribution in [0.25, 0.3) is 10.9 Å². The molecule has 0 radical (unpaired) electrons. The summed E-state index contributed by atoms with van der Waals surface area (Å²) in [6.45, 7) is 5.76. The Balaban J connectivity index is 1.31. The number of H-pyrrole nitrogens is 1. The zero-order chi connectivity index (χ0) is 21.2. The fourth-order valence-electron chi connectivity index (χ4n) is 3.64. The summed E-state index contributed by atoms with van der Waals surface area (Å²) in [6, 6.07) is 10.7. The van der Waals surface area contributed by atoms with Gasteiger partial charge in [-0.2, -0.15) is 0 Å². The molecule has 1 aliphatic rings. The smallest absolute Gasteiger partial charge is 0.224 e. The Morgan fingerprint density at radius 1 is 1.03 bits per heavy atom. The Morgan fingerprint density at radius 3 is 2.71 bits per heavy atom. The van der Waals surface area contributed by atoms with E-state index in [0.717, 1.165) is 43.1 Å². The number of nitrogens with zero attached hydrogens (tertiary/aromatic N) is 4. The lowest BCUT2D eigenvalue weighted by Crippen LogP contribution is -2.43. The first-order valence-corrected chi connectivity index (χ1v) is 10.1. The van der Waals surface area contributed by atoms with Gasteiger partial charge in [-0.3, -0.25) is 0 Å². The third kappa shape index (κ3) is 4.13. The van der Waals surface area contributed by atoms with Crippen molar-refractivity contribution in [2.45, 2.75) is 6.92 Å². The molecular weight excluding hydrogens is 397 g/mol. The van der Waals surface area contributed by atoms with Crippen molar-refractivity contribution < 1.29 is 9.13 Å². The molecule has 0 unspecified atom stereocenters. The molecule has 8 nitrogen and oxygen atoms in total. The van der Waals surface area contributed by atoms with Crippen LogP contribution in [-0.2, 0) is 0 Å². The van der Waals surface area contributed by atoms with Crippen molar-refractivity contribution in [2.75, 3.05) is 36.4 Å². The first kappa shape index (κ1) is 19.3. The summed E-state index contributed by atoms with van der Waals surface area (Å²) in [5, 5.41) is 6.96. The number of nitrogens with one attached hydrogen (secondary N) is 3. The maximum Gasteiger partial charge on any atom is 0.224 e. The number of ether oxygens (including phenoxy) is 1. The zero-order valence-electron chi connectivity index (χ0n) is 17.0. The van der Waals surface area contributed by atoms with Crippen LogP contribution in [0.15, 0.2) is 48.9 Å². The molecule has 1 fully saturated rings. The summed E-state index contributed by atoms with van der Waals surface area (Å²) in [5.74, 6) is 1.07. The Bertz CT molecular complexity index is 1200. The molecule has 0 aliphatic carbocycles. The number of piperazine rings is 1. The van der Waals surface area contributed by atoms with Crippen LogP contribution in [0.3, 0.4) is 0 Å². The first-order valence-electron chi connectivity index (χ1n) is 10.1. The van der Waals surface area contributed by atoms with Crippen molar-refractivity contribution >= 4 is 28.2 Å². The normalized spacial score (nSPS) is 14.1. The number of aryl methyl sites for hydroxylation is 1. The van der Waals surface area contributed by atoms with Crippen LogP contribution in [0.2, 0.25) is 0 Å². The number of fused-ring (bicyclic) bond motifs is 1. The number of halogens is 1. The van der Waals surface area contributed by atoms with Gasteiger partial charge in [0.25, 0.3) is 0 Å². The second-order valence-corrected chi connectivity index (χ2v) is 7.40. The fraction of sp³-hybridized carbons (Fsp3) is 0.227. The van der Waals surface area contributed by atoms with Crippen molar-refractivity contribution in [3.63, 3.8) is 0 Å². The lowest BCUT2D eigenvalue weighted by molar-refractivity contribution is 0.430. The van der Waals surface area contributed by atoms with Crippen LogP contribution in [-0.4, -0.2) is 46.1 Å². The summed E-state index contributed by atoms with van der Waals surface area (Å²) in [7, 11) is 0. The fourth-order valence-corrected chi connectivity index (χ4v) is 3.64. The average Bonchev–Trinajstić information content (AvgIpc) is 3.18. The Labute approximate surface area is 178 Å². The molecule has 0 atom stereocenters. The van der Waals surface area contributed by atoms with Gasteiger partial charge in [0.2, 0.25) is 5.88 Å². The molecule has 4 heterocycles. The molecule has 0 spiro atoms. The molecule has 4 aromatic rings. The molecule has 9 heteroatoms. The molecule has 3 aromatic heterocycles. The molecule has 3 N–H and O–H groups in total. The molecule has 1 aliphatic heterocycles. The highest BCUT2D eigenvalue weighted by atomic mass is 19.1. The van der Waals surface area contributed by atoms with Crippen LogP contribution in [0.1, 0.15) is 5.69 Å². The Morgan fingerprint density at radius 2 is 1.90 bits per heavy atom. The van der Waals surface area contributed by atoms with Gasteiger partial charge in [0, 0.05) is 48.8 Å². The number of pyridine rings is 1. The Kier molecular flexibility index (Phi) is 5.09. The van der Waals surface area contributed by atoms with E-state index in [1.807, 2.05) is 25.3 Å². The lowest BCUT2D eigenvalue weighted by atomic mass is 10.2. The molecule has 158 valence electrons. The molecule has 5 rings (SSSR count). The van der Waals surface area contributed by atoms with Crippen molar-refractivity contribution in [3.8, 4) is 11.6 Å². The van der Waals surface area contributed by atoms with Gasteiger partial charge in [0.15, 0.2) is 11.6 Å². The standard InChI is InChI=1S/C22H22FN7O/c1-14-10-16-17(28-14)3-4-18(22(16)23)31-21-11-20(26-13-27-21)29-19-5-2-15(12-25-19)30-8-6-24-7-9-30/h2-5,10-13,24,28H,6-9H2,1H3,(H,25,26,27,29). The van der Waals surface area contributed by atoms with E-state index in [9.17, 15) is 4.39 Å². The maximum atomic E-state index is 14.8. The van der Waals surface area contributed by atoms with Crippen molar-refractivity contribution in [3.05, 3.63) is 60.4 Å². The van der Waals surface area contributed by atoms with Crippen molar-refractivity contribution in [2.24, 2.45) is 0 Å². The van der Waals surface area contributed by atoms with Crippen LogP contribution < -0.4 is 20.3 Å². The third-order valence-electron chi connectivity index (χ3n) is 5.18. The molecule has 0 amide bonds. The minimum absolute atomic E-state index is 0.106. The van der Waals surface area contributed by atoms with E-state index in [4.69, 9.17) is 4.74 Å². The topological polar surface area (TPSA) is 91.0 Å². The molecule has 0 bridgehead atoms. The van der Waals surface area contributed by atoms with Crippen LogP contribution >= 0.6 is 0 Å². The molecule has 1 aromatic carbocycles. The van der Waals surface area contributed by atoms with E-state index < -0.39 is 5.82 Å². The van der Waals surface area contributed by atoms with Gasteiger partial charge >= 0.3 is 0 Å². The first-order chi connectivity index (χ1) is 15.2. The van der Waals surface area contributed by atoms with Crippen LogP contribution in [0.4, 0.5) is 21.7 Å². The van der Waals surface area contributed by atoms with Crippen LogP contribution in [0.5, 0.6) is 11.6 Å². The van der Waals surface area contributed by atoms with E-state index >= 15 is 0 Å². The molecule has 1 saturated heterocycles. The van der Waals surface area contributed by atoms with Gasteiger partial charge in [-0.25, -0.2) is 19.3 Å². The minimum atomic E-state index is -0.430. The number of rotatable bonds is 5. The quantitative estimate of drug-likeness (QED) is 0.454. The van der Waals surface area contributed by atoms with Gasteiger partial charge in [-0.05, 0) is 37.3 Å². The van der Waals surface area contributed by atoms with Crippen LogP contribution in [0, 0.1) is 12.7 Å². The number of benzene rings is 1. The summed E-state index contributed by atoms with van der Waals surface area (Å²) < 4.78 is 20.5. The van der Waals surface area contributed by atoms with Crippen molar-refractivity contribution in [1.29, 1.82) is 0 Å². The molecule has 0 saturated carbocycles. The highest BCUT2D eigenvalue weighted by Crippen LogP contribution is 2.30. The van der Waals surface area contributed by atoms with E-state index in [2.05, 4.69) is 35.5 Å². The van der Waals surface area contributed by atoms with Gasteiger partial charge in [-0.1, -0.05) is 0 Å². The Hall–Kier alpha value is -3.72. The number of hydrogen-bond acceptors (Lipinski definition) is 7. The average molecular weight is 419 g/mol. The largest absolute Gasteiger partial charge is 0.436 e. The molecular formula is C22H22FN7O. The van der Waals surface area contributed by atoms with E-state index in [0.29, 0.717) is 17.0 Å². The predicted molar refractivity (Wildman–Crippen MR) is 118 cm³/mol.